The van der Waals surface area contributed by atoms with E-state index in [1.807, 2.05) is 0 Å². The zero-order valence-corrected chi connectivity index (χ0v) is 8.86. The van der Waals surface area contributed by atoms with Gasteiger partial charge in [0, 0.05) is 0 Å². The third-order valence-corrected chi connectivity index (χ3v) is 2.23. The van der Waals surface area contributed by atoms with Gasteiger partial charge in [-0.25, -0.2) is 0 Å². The van der Waals surface area contributed by atoms with Crippen LogP contribution < -0.4 is 0 Å². The zero-order valence-electron chi connectivity index (χ0n) is 8.86. The molecule has 14 heavy (non-hydrogen) atoms. The maximum Gasteiger partial charge on any atom is -0.0166 e. The summed E-state index contributed by atoms with van der Waals surface area (Å²) in [5, 5.41) is 0. The van der Waals surface area contributed by atoms with E-state index in [1.165, 1.54) is 25.7 Å². The molecule has 0 saturated heterocycles. The standard InChI is InChI=1S/C14H20/c1-2-4-6-8-10-12-14-13-11-9-7-5-3-1/h1-4,7,9-10,12H,5-6,8,11,13-14H2. The topological polar surface area (TPSA) is 0 Å². The average Bonchev–Trinajstić information content (AvgIpc) is 2.22. The molecule has 0 aromatic rings. The first-order valence-corrected chi connectivity index (χ1v) is 5.62. The molecule has 1 aliphatic rings. The quantitative estimate of drug-likeness (QED) is 0.489. The molecule has 0 heteroatoms. The Hall–Kier alpha value is -1.04. The van der Waals surface area contributed by atoms with Crippen molar-refractivity contribution in [1.29, 1.82) is 0 Å². The van der Waals surface area contributed by atoms with Crippen LogP contribution in [0, 0.1) is 0 Å². The number of rotatable bonds is 0. The first-order chi connectivity index (χ1) is 7.00. The third-order valence-electron chi connectivity index (χ3n) is 2.23. The Kier molecular flexibility index (Phi) is 6.74. The van der Waals surface area contributed by atoms with Crippen LogP contribution in [0.4, 0.5) is 0 Å². The number of allylic oxidation sites excluding steroid dienone is 8. The molecule has 0 unspecified atom stereocenters. The Balaban J connectivity index is 2.35. The summed E-state index contributed by atoms with van der Waals surface area (Å²) in [4.78, 5) is 0. The van der Waals surface area contributed by atoms with Crippen molar-refractivity contribution in [3.8, 4) is 0 Å². The third kappa shape index (κ3) is 6.47. The molecule has 0 atom stereocenters. The van der Waals surface area contributed by atoms with Gasteiger partial charge in [-0.05, 0) is 38.5 Å². The molecule has 0 nitrogen and oxygen atoms in total. The van der Waals surface area contributed by atoms with E-state index in [0.717, 1.165) is 12.8 Å². The fourth-order valence-corrected chi connectivity index (χ4v) is 1.41. The van der Waals surface area contributed by atoms with Crippen LogP contribution in [0.2, 0.25) is 0 Å². The van der Waals surface area contributed by atoms with Gasteiger partial charge in [0.25, 0.3) is 0 Å². The van der Waals surface area contributed by atoms with E-state index in [0.29, 0.717) is 0 Å². The second kappa shape index (κ2) is 8.55. The summed E-state index contributed by atoms with van der Waals surface area (Å²) < 4.78 is 0. The van der Waals surface area contributed by atoms with Crippen LogP contribution in [0.15, 0.2) is 48.6 Å². The van der Waals surface area contributed by atoms with E-state index in [9.17, 15) is 0 Å². The molecule has 1 aliphatic carbocycles. The van der Waals surface area contributed by atoms with E-state index in [4.69, 9.17) is 0 Å². The van der Waals surface area contributed by atoms with Gasteiger partial charge in [0.15, 0.2) is 0 Å². The smallest absolute Gasteiger partial charge is 0.0166 e. The summed E-state index contributed by atoms with van der Waals surface area (Å²) in [5.74, 6) is 0. The lowest BCUT2D eigenvalue weighted by atomic mass is 10.2. The van der Waals surface area contributed by atoms with Crippen LogP contribution in [-0.4, -0.2) is 0 Å². The minimum Gasteiger partial charge on any atom is -0.0885 e. The van der Waals surface area contributed by atoms with Gasteiger partial charge in [-0.2, -0.15) is 0 Å². The highest BCUT2D eigenvalue weighted by Gasteiger charge is 1.82. The summed E-state index contributed by atoms with van der Waals surface area (Å²) in [5.41, 5.74) is 0. The maximum atomic E-state index is 2.31. The van der Waals surface area contributed by atoms with Crippen LogP contribution in [0.1, 0.15) is 38.5 Å². The second-order valence-corrected chi connectivity index (χ2v) is 3.54. The fraction of sp³-hybridized carbons (Fsp3) is 0.429. The Bertz CT molecular complexity index is 228. The molecule has 0 aromatic carbocycles. The van der Waals surface area contributed by atoms with E-state index in [1.54, 1.807) is 0 Å². The van der Waals surface area contributed by atoms with E-state index in [-0.39, 0.29) is 0 Å². The first kappa shape index (κ1) is 11.0. The fourth-order valence-electron chi connectivity index (χ4n) is 1.41. The summed E-state index contributed by atoms with van der Waals surface area (Å²) in [6.07, 6.45) is 25.0. The molecule has 0 radical (unpaired) electrons. The molecular weight excluding hydrogens is 168 g/mol. The van der Waals surface area contributed by atoms with Gasteiger partial charge in [0.2, 0.25) is 0 Å². The largest absolute Gasteiger partial charge is 0.0885 e. The van der Waals surface area contributed by atoms with Gasteiger partial charge in [-0.3, -0.25) is 0 Å². The van der Waals surface area contributed by atoms with Crippen molar-refractivity contribution in [1.82, 2.24) is 0 Å². The highest BCUT2D eigenvalue weighted by molar-refractivity contribution is 5.05. The van der Waals surface area contributed by atoms with Crippen molar-refractivity contribution >= 4 is 0 Å². The predicted octanol–water partition coefficient (Wildman–Crippen LogP) is 4.57. The normalized spacial score (nSPS) is 19.4. The molecule has 0 N–H and O–H groups in total. The molecular formula is C14H20. The Labute approximate surface area is 87.7 Å². The minimum atomic E-state index is 1.07. The van der Waals surface area contributed by atoms with Crippen LogP contribution in [0.25, 0.3) is 0 Å². The van der Waals surface area contributed by atoms with Gasteiger partial charge >= 0.3 is 0 Å². The molecule has 0 fully saturated rings. The Morgan fingerprint density at radius 1 is 0.500 bits per heavy atom. The number of hydrogen-bond donors (Lipinski definition) is 0. The first-order valence-electron chi connectivity index (χ1n) is 5.62. The van der Waals surface area contributed by atoms with Crippen molar-refractivity contribution in [2.24, 2.45) is 0 Å². The molecule has 0 spiro atoms. The molecule has 0 aliphatic heterocycles. The number of hydrogen-bond acceptors (Lipinski definition) is 0. The van der Waals surface area contributed by atoms with E-state index >= 15 is 0 Å². The minimum absolute atomic E-state index is 1.07. The predicted molar refractivity (Wildman–Crippen MR) is 64.3 cm³/mol. The van der Waals surface area contributed by atoms with Crippen LogP contribution in [0.5, 0.6) is 0 Å². The van der Waals surface area contributed by atoms with Gasteiger partial charge in [-0.15, -0.1) is 0 Å². The van der Waals surface area contributed by atoms with Crippen molar-refractivity contribution in [3.05, 3.63) is 48.6 Å². The lowest BCUT2D eigenvalue weighted by molar-refractivity contribution is 0.860. The summed E-state index contributed by atoms with van der Waals surface area (Å²) in [6.45, 7) is 0. The van der Waals surface area contributed by atoms with Crippen molar-refractivity contribution < 1.29 is 0 Å². The highest BCUT2D eigenvalue weighted by Crippen LogP contribution is 2.02. The van der Waals surface area contributed by atoms with Crippen molar-refractivity contribution in [3.63, 3.8) is 0 Å². The molecule has 76 valence electrons. The zero-order chi connectivity index (χ0) is 9.90. The molecule has 0 bridgehead atoms. The Morgan fingerprint density at radius 2 is 1.14 bits per heavy atom. The van der Waals surface area contributed by atoms with Crippen LogP contribution in [-0.2, 0) is 0 Å². The van der Waals surface area contributed by atoms with E-state index < -0.39 is 0 Å². The van der Waals surface area contributed by atoms with Crippen LogP contribution in [0.3, 0.4) is 0 Å². The van der Waals surface area contributed by atoms with Gasteiger partial charge < -0.3 is 0 Å². The van der Waals surface area contributed by atoms with Crippen molar-refractivity contribution in [2.45, 2.75) is 38.5 Å². The average molecular weight is 188 g/mol. The van der Waals surface area contributed by atoms with Gasteiger partial charge in [-0.1, -0.05) is 48.6 Å². The lowest BCUT2D eigenvalue weighted by Gasteiger charge is -1.91. The second-order valence-electron chi connectivity index (χ2n) is 3.54. The summed E-state index contributed by atoms with van der Waals surface area (Å²) in [6, 6.07) is 0. The molecule has 0 saturated carbocycles. The maximum absolute atomic E-state index is 2.31. The van der Waals surface area contributed by atoms with Gasteiger partial charge in [0.05, 0.1) is 0 Å². The molecule has 1 rings (SSSR count). The van der Waals surface area contributed by atoms with Crippen LogP contribution >= 0.6 is 0 Å². The monoisotopic (exact) mass is 188 g/mol. The molecule has 0 amide bonds. The molecule has 0 aromatic heterocycles. The Morgan fingerprint density at radius 3 is 2.07 bits per heavy atom. The van der Waals surface area contributed by atoms with E-state index in [2.05, 4.69) is 48.6 Å². The summed E-state index contributed by atoms with van der Waals surface area (Å²) in [7, 11) is 0. The molecule has 0 heterocycles. The summed E-state index contributed by atoms with van der Waals surface area (Å²) >= 11 is 0. The SMILES string of the molecule is C1=CCC=CCCCC=CCCC=C1. The van der Waals surface area contributed by atoms with Gasteiger partial charge in [0.1, 0.15) is 0 Å². The highest BCUT2D eigenvalue weighted by atomic mass is 13.9. The lowest BCUT2D eigenvalue weighted by Crippen LogP contribution is -1.71. The van der Waals surface area contributed by atoms with Crippen molar-refractivity contribution in [2.75, 3.05) is 0 Å².